The van der Waals surface area contributed by atoms with Crippen molar-refractivity contribution in [2.24, 2.45) is 0 Å². The molecule has 33 heavy (non-hydrogen) atoms. The number of imide groups is 1. The van der Waals surface area contributed by atoms with Crippen molar-refractivity contribution in [3.8, 4) is 11.5 Å². The van der Waals surface area contributed by atoms with E-state index in [9.17, 15) is 18.4 Å². The highest BCUT2D eigenvalue weighted by Gasteiger charge is 2.40. The molecule has 3 aromatic carbocycles. The molecule has 0 fully saturated rings. The molecule has 5 rings (SSSR count). The van der Waals surface area contributed by atoms with Crippen LogP contribution in [0.5, 0.6) is 11.5 Å². The summed E-state index contributed by atoms with van der Waals surface area (Å²) in [6.07, 6.45) is 0. The van der Waals surface area contributed by atoms with Crippen molar-refractivity contribution in [3.63, 3.8) is 0 Å². The molecule has 0 atom stereocenters. The number of fused-ring (bicyclic) bond motifs is 1. The second-order valence-electron chi connectivity index (χ2n) is 7.28. The van der Waals surface area contributed by atoms with Gasteiger partial charge in [-0.25, -0.2) is 13.7 Å². The molecular formula is C24H15ClF2N2O4. The lowest BCUT2D eigenvalue weighted by Gasteiger charge is -2.19. The molecule has 0 saturated heterocycles. The average molecular weight is 469 g/mol. The van der Waals surface area contributed by atoms with Crippen molar-refractivity contribution >= 4 is 40.4 Å². The van der Waals surface area contributed by atoms with Gasteiger partial charge < -0.3 is 14.8 Å². The molecular weight excluding hydrogens is 454 g/mol. The maximum Gasteiger partial charge on any atom is 0.282 e. The van der Waals surface area contributed by atoms with Crippen molar-refractivity contribution in [1.82, 2.24) is 0 Å². The summed E-state index contributed by atoms with van der Waals surface area (Å²) in [5.41, 5.74) is 0.938. The third-order valence-corrected chi connectivity index (χ3v) is 5.48. The lowest BCUT2D eigenvalue weighted by molar-refractivity contribution is -0.120. The SMILES string of the molecule is O=C1C(Nc2ccc3c(c2)OCCO3)=C(c2ccc(F)cc2)C(=O)N1c1ccc(F)c(Cl)c1. The number of nitrogens with zero attached hydrogens (tertiary/aromatic N) is 1. The van der Waals surface area contributed by atoms with Crippen LogP contribution in [0.2, 0.25) is 5.02 Å². The number of halogens is 3. The summed E-state index contributed by atoms with van der Waals surface area (Å²) < 4.78 is 38.3. The lowest BCUT2D eigenvalue weighted by Crippen LogP contribution is -2.32. The number of hydrogen-bond donors (Lipinski definition) is 1. The Morgan fingerprint density at radius 2 is 1.58 bits per heavy atom. The molecule has 0 saturated carbocycles. The molecule has 2 amide bonds. The fourth-order valence-electron chi connectivity index (χ4n) is 3.65. The van der Waals surface area contributed by atoms with Gasteiger partial charge in [0.25, 0.3) is 11.8 Å². The molecule has 1 N–H and O–H groups in total. The predicted molar refractivity (Wildman–Crippen MR) is 118 cm³/mol. The Hall–Kier alpha value is -3.91. The van der Waals surface area contributed by atoms with Crippen LogP contribution in [0.1, 0.15) is 5.56 Å². The number of rotatable bonds is 4. The molecule has 0 bridgehead atoms. The van der Waals surface area contributed by atoms with Gasteiger partial charge in [-0.15, -0.1) is 0 Å². The second kappa shape index (κ2) is 8.22. The fourth-order valence-corrected chi connectivity index (χ4v) is 3.83. The van der Waals surface area contributed by atoms with E-state index in [0.717, 1.165) is 11.0 Å². The molecule has 9 heteroatoms. The van der Waals surface area contributed by atoms with Crippen LogP contribution >= 0.6 is 11.6 Å². The zero-order valence-corrected chi connectivity index (χ0v) is 17.7. The topological polar surface area (TPSA) is 67.9 Å². The van der Waals surface area contributed by atoms with Gasteiger partial charge in [-0.3, -0.25) is 9.59 Å². The summed E-state index contributed by atoms with van der Waals surface area (Å²) in [6, 6.07) is 13.8. The summed E-state index contributed by atoms with van der Waals surface area (Å²) in [6.45, 7) is 0.818. The minimum absolute atomic E-state index is 0.0243. The maximum absolute atomic E-state index is 13.7. The van der Waals surface area contributed by atoms with Crippen LogP contribution in [0.25, 0.3) is 5.57 Å². The van der Waals surface area contributed by atoms with Gasteiger partial charge in [-0.05, 0) is 48.0 Å². The number of hydrogen-bond acceptors (Lipinski definition) is 5. The number of benzene rings is 3. The second-order valence-corrected chi connectivity index (χ2v) is 7.69. The first-order chi connectivity index (χ1) is 15.9. The largest absolute Gasteiger partial charge is 0.486 e. The summed E-state index contributed by atoms with van der Waals surface area (Å²) in [4.78, 5) is 27.6. The van der Waals surface area contributed by atoms with Crippen LogP contribution in [0, 0.1) is 11.6 Å². The zero-order chi connectivity index (χ0) is 23.1. The first kappa shape index (κ1) is 21.0. The van der Waals surface area contributed by atoms with E-state index in [4.69, 9.17) is 21.1 Å². The predicted octanol–water partition coefficient (Wildman–Crippen LogP) is 4.79. The molecule has 2 aliphatic heterocycles. The Balaban J connectivity index is 1.58. The summed E-state index contributed by atoms with van der Waals surface area (Å²) >= 11 is 5.87. The Bertz CT molecular complexity index is 1320. The molecule has 0 radical (unpaired) electrons. The molecule has 166 valence electrons. The van der Waals surface area contributed by atoms with E-state index in [1.54, 1.807) is 18.2 Å². The van der Waals surface area contributed by atoms with E-state index >= 15 is 0 Å². The number of carbonyl (C=O) groups excluding carboxylic acids is 2. The Labute approximate surface area is 192 Å². The van der Waals surface area contributed by atoms with Crippen LogP contribution in [0.15, 0.2) is 66.4 Å². The van der Waals surface area contributed by atoms with E-state index in [0.29, 0.717) is 36.0 Å². The number of carbonyl (C=O) groups is 2. The lowest BCUT2D eigenvalue weighted by atomic mass is 10.0. The van der Waals surface area contributed by atoms with Crippen LogP contribution in [0.4, 0.5) is 20.2 Å². The van der Waals surface area contributed by atoms with Crippen LogP contribution < -0.4 is 19.7 Å². The number of anilines is 2. The smallest absolute Gasteiger partial charge is 0.282 e. The van der Waals surface area contributed by atoms with E-state index < -0.39 is 23.4 Å². The minimum atomic E-state index is -0.680. The number of amides is 2. The summed E-state index contributed by atoms with van der Waals surface area (Å²) in [5, 5.41) is 2.76. The van der Waals surface area contributed by atoms with E-state index in [1.165, 1.54) is 36.4 Å². The molecule has 6 nitrogen and oxygen atoms in total. The van der Waals surface area contributed by atoms with Crippen molar-refractivity contribution in [3.05, 3.63) is 88.6 Å². The van der Waals surface area contributed by atoms with Gasteiger partial charge >= 0.3 is 0 Å². The van der Waals surface area contributed by atoms with Gasteiger partial charge in [0.1, 0.15) is 30.5 Å². The maximum atomic E-state index is 13.7. The monoisotopic (exact) mass is 468 g/mol. The molecule has 0 unspecified atom stereocenters. The Morgan fingerprint density at radius 1 is 0.848 bits per heavy atom. The molecule has 0 aliphatic carbocycles. The third kappa shape index (κ3) is 3.78. The van der Waals surface area contributed by atoms with Crippen molar-refractivity contribution in [2.75, 3.05) is 23.4 Å². The quantitative estimate of drug-likeness (QED) is 0.558. The average Bonchev–Trinajstić information content (AvgIpc) is 3.05. The van der Waals surface area contributed by atoms with Crippen molar-refractivity contribution in [2.45, 2.75) is 0 Å². The van der Waals surface area contributed by atoms with Gasteiger partial charge in [-0.1, -0.05) is 23.7 Å². The Kier molecular flexibility index (Phi) is 5.22. The van der Waals surface area contributed by atoms with Gasteiger partial charge in [0, 0.05) is 11.8 Å². The van der Waals surface area contributed by atoms with Gasteiger partial charge in [0.15, 0.2) is 11.5 Å². The number of nitrogens with one attached hydrogen (secondary N) is 1. The Morgan fingerprint density at radius 3 is 2.30 bits per heavy atom. The molecule has 0 spiro atoms. The molecule has 0 aromatic heterocycles. The molecule has 3 aromatic rings. The van der Waals surface area contributed by atoms with Gasteiger partial charge in [-0.2, -0.15) is 0 Å². The zero-order valence-electron chi connectivity index (χ0n) is 16.9. The molecule has 2 heterocycles. The van der Waals surface area contributed by atoms with E-state index in [1.807, 2.05) is 0 Å². The highest BCUT2D eigenvalue weighted by Crippen LogP contribution is 2.37. The van der Waals surface area contributed by atoms with Crippen molar-refractivity contribution in [1.29, 1.82) is 0 Å². The standard InChI is InChI=1S/C24H15ClF2N2O4/c25-17-12-16(6-7-18(17)27)29-23(30)21(13-1-3-14(26)4-2-13)22(24(29)31)28-15-5-8-19-20(11-15)33-10-9-32-19/h1-8,11-12,28H,9-10H2. The summed E-state index contributed by atoms with van der Waals surface area (Å²) in [5.74, 6) is -1.43. The van der Waals surface area contributed by atoms with Crippen molar-refractivity contribution < 1.29 is 27.8 Å². The van der Waals surface area contributed by atoms with Crippen LogP contribution in [-0.4, -0.2) is 25.0 Å². The first-order valence-corrected chi connectivity index (χ1v) is 10.3. The highest BCUT2D eigenvalue weighted by atomic mass is 35.5. The first-order valence-electron chi connectivity index (χ1n) is 9.93. The summed E-state index contributed by atoms with van der Waals surface area (Å²) in [7, 11) is 0. The van der Waals surface area contributed by atoms with Gasteiger partial charge in [0.2, 0.25) is 0 Å². The van der Waals surface area contributed by atoms with E-state index in [-0.39, 0.29) is 22.0 Å². The molecule has 2 aliphatic rings. The number of ether oxygens (including phenoxy) is 2. The van der Waals surface area contributed by atoms with Gasteiger partial charge in [0.05, 0.1) is 16.3 Å². The third-order valence-electron chi connectivity index (χ3n) is 5.19. The minimum Gasteiger partial charge on any atom is -0.486 e. The normalized spacial score (nSPS) is 15.3. The fraction of sp³-hybridized carbons (Fsp3) is 0.0833. The highest BCUT2D eigenvalue weighted by molar-refractivity contribution is 6.46. The van der Waals surface area contributed by atoms with E-state index in [2.05, 4.69) is 5.32 Å². The van der Waals surface area contributed by atoms with Crippen LogP contribution in [0.3, 0.4) is 0 Å². The van der Waals surface area contributed by atoms with Crippen LogP contribution in [-0.2, 0) is 9.59 Å².